The standard InChI is InChI=1S/C21H23ClN2O/c22-17-8-6-16(7-9-17)14-24-18-10-11-19(24)21(13-18,20(23)25)12-15-4-2-1-3-5-15/h1-9,18-19H,10-14H2,(H2,23,25)/t18-,19+,21+/m0/s1. The molecule has 0 unspecified atom stereocenters. The second-order valence-electron chi connectivity index (χ2n) is 7.43. The van der Waals surface area contributed by atoms with E-state index in [2.05, 4.69) is 29.2 Å². The monoisotopic (exact) mass is 354 g/mol. The van der Waals surface area contributed by atoms with Crippen LogP contribution in [0, 0.1) is 5.41 Å². The number of carbonyl (C=O) groups excluding carboxylic acids is 1. The highest BCUT2D eigenvalue weighted by Crippen LogP contribution is 2.52. The van der Waals surface area contributed by atoms with Crippen molar-refractivity contribution in [2.45, 2.75) is 44.3 Å². The first-order valence-electron chi connectivity index (χ1n) is 8.92. The van der Waals surface area contributed by atoms with Gasteiger partial charge in [-0.2, -0.15) is 0 Å². The lowest BCUT2D eigenvalue weighted by molar-refractivity contribution is -0.129. The van der Waals surface area contributed by atoms with Crippen molar-refractivity contribution in [1.29, 1.82) is 0 Å². The minimum Gasteiger partial charge on any atom is -0.369 e. The molecule has 25 heavy (non-hydrogen) atoms. The normalized spacial score (nSPS) is 28.4. The Morgan fingerprint density at radius 2 is 1.80 bits per heavy atom. The van der Waals surface area contributed by atoms with Gasteiger partial charge in [-0.15, -0.1) is 0 Å². The number of halogens is 1. The van der Waals surface area contributed by atoms with E-state index in [-0.39, 0.29) is 11.9 Å². The molecule has 1 amide bonds. The number of fused-ring (bicyclic) bond motifs is 2. The minimum absolute atomic E-state index is 0.148. The summed E-state index contributed by atoms with van der Waals surface area (Å²) in [4.78, 5) is 15.0. The van der Waals surface area contributed by atoms with Crippen LogP contribution in [0.4, 0.5) is 0 Å². The van der Waals surface area contributed by atoms with Crippen LogP contribution in [0.5, 0.6) is 0 Å². The van der Waals surface area contributed by atoms with E-state index in [0.717, 1.165) is 37.3 Å². The summed E-state index contributed by atoms with van der Waals surface area (Å²) in [5, 5.41) is 0.753. The van der Waals surface area contributed by atoms with Crippen LogP contribution >= 0.6 is 11.6 Å². The summed E-state index contributed by atoms with van der Waals surface area (Å²) in [7, 11) is 0. The predicted octanol–water partition coefficient (Wildman–Crippen LogP) is 3.79. The van der Waals surface area contributed by atoms with E-state index >= 15 is 0 Å². The Kier molecular flexibility index (Phi) is 4.30. The van der Waals surface area contributed by atoms with Gasteiger partial charge >= 0.3 is 0 Å². The molecule has 4 heteroatoms. The molecule has 2 aromatic rings. The molecule has 2 N–H and O–H groups in total. The van der Waals surface area contributed by atoms with Crippen molar-refractivity contribution in [3.05, 3.63) is 70.7 Å². The molecule has 130 valence electrons. The maximum Gasteiger partial charge on any atom is 0.225 e. The fourth-order valence-electron chi connectivity index (χ4n) is 4.85. The molecule has 2 fully saturated rings. The largest absolute Gasteiger partial charge is 0.369 e. The molecular weight excluding hydrogens is 332 g/mol. The summed E-state index contributed by atoms with van der Waals surface area (Å²) in [5.74, 6) is -0.148. The molecule has 4 rings (SSSR count). The van der Waals surface area contributed by atoms with Crippen molar-refractivity contribution in [1.82, 2.24) is 4.90 Å². The van der Waals surface area contributed by atoms with Gasteiger partial charge in [0.15, 0.2) is 0 Å². The first kappa shape index (κ1) is 16.6. The molecule has 2 aliphatic rings. The van der Waals surface area contributed by atoms with Gasteiger partial charge in [-0.1, -0.05) is 54.1 Å². The number of carbonyl (C=O) groups is 1. The maximum atomic E-state index is 12.5. The number of primary amides is 1. The van der Waals surface area contributed by atoms with Crippen LogP contribution < -0.4 is 5.73 Å². The summed E-state index contributed by atoms with van der Waals surface area (Å²) in [5.41, 5.74) is 7.94. The van der Waals surface area contributed by atoms with Gasteiger partial charge in [-0.25, -0.2) is 0 Å². The van der Waals surface area contributed by atoms with Crippen molar-refractivity contribution in [3.8, 4) is 0 Å². The molecule has 2 aromatic carbocycles. The van der Waals surface area contributed by atoms with E-state index in [1.165, 1.54) is 11.1 Å². The molecule has 2 aliphatic heterocycles. The van der Waals surface area contributed by atoms with E-state index in [9.17, 15) is 4.79 Å². The van der Waals surface area contributed by atoms with Crippen LogP contribution in [0.25, 0.3) is 0 Å². The third-order valence-electron chi connectivity index (χ3n) is 6.01. The Balaban J connectivity index is 1.60. The lowest BCUT2D eigenvalue weighted by Gasteiger charge is -2.35. The van der Waals surface area contributed by atoms with Crippen LogP contribution in [0.15, 0.2) is 54.6 Å². The van der Waals surface area contributed by atoms with Crippen molar-refractivity contribution >= 4 is 17.5 Å². The van der Waals surface area contributed by atoms with Gasteiger partial charge in [0, 0.05) is 23.7 Å². The third kappa shape index (κ3) is 2.96. The zero-order valence-electron chi connectivity index (χ0n) is 14.2. The Morgan fingerprint density at radius 3 is 2.48 bits per heavy atom. The van der Waals surface area contributed by atoms with Gasteiger partial charge in [0.2, 0.25) is 5.91 Å². The highest BCUT2D eigenvalue weighted by molar-refractivity contribution is 6.30. The van der Waals surface area contributed by atoms with Crippen LogP contribution in [0.1, 0.15) is 30.4 Å². The van der Waals surface area contributed by atoms with Gasteiger partial charge in [0.1, 0.15) is 0 Å². The van der Waals surface area contributed by atoms with Gasteiger partial charge in [0.25, 0.3) is 0 Å². The Bertz CT molecular complexity index is 761. The number of amides is 1. The van der Waals surface area contributed by atoms with Crippen molar-refractivity contribution in [3.63, 3.8) is 0 Å². The van der Waals surface area contributed by atoms with Crippen molar-refractivity contribution < 1.29 is 4.79 Å². The van der Waals surface area contributed by atoms with Gasteiger partial charge in [-0.3, -0.25) is 9.69 Å². The number of rotatable bonds is 5. The Labute approximate surface area is 153 Å². The molecule has 2 saturated heterocycles. The molecule has 2 bridgehead atoms. The average molecular weight is 355 g/mol. The maximum absolute atomic E-state index is 12.5. The van der Waals surface area contributed by atoms with Crippen LogP contribution in [-0.4, -0.2) is 22.9 Å². The molecule has 0 radical (unpaired) electrons. The fourth-order valence-corrected chi connectivity index (χ4v) is 4.97. The number of nitrogens with zero attached hydrogens (tertiary/aromatic N) is 1. The highest BCUT2D eigenvalue weighted by atomic mass is 35.5. The molecule has 0 saturated carbocycles. The van der Waals surface area contributed by atoms with Crippen LogP contribution in [-0.2, 0) is 17.8 Å². The summed E-state index contributed by atoms with van der Waals surface area (Å²) in [6, 6.07) is 18.9. The molecular formula is C21H23ClN2O. The molecule has 0 spiro atoms. The van der Waals surface area contributed by atoms with Gasteiger partial charge in [-0.05, 0) is 48.9 Å². The van der Waals surface area contributed by atoms with Crippen molar-refractivity contribution in [2.75, 3.05) is 0 Å². The van der Waals surface area contributed by atoms with Crippen molar-refractivity contribution in [2.24, 2.45) is 11.1 Å². The second-order valence-corrected chi connectivity index (χ2v) is 7.87. The minimum atomic E-state index is -0.448. The molecule has 0 aromatic heterocycles. The first-order valence-corrected chi connectivity index (χ1v) is 9.30. The van der Waals surface area contributed by atoms with E-state index in [1.807, 2.05) is 30.3 Å². The lowest BCUT2D eigenvalue weighted by atomic mass is 9.69. The second kappa shape index (κ2) is 6.47. The summed E-state index contributed by atoms with van der Waals surface area (Å²) >= 11 is 6.00. The molecule has 2 heterocycles. The summed E-state index contributed by atoms with van der Waals surface area (Å²) < 4.78 is 0. The predicted molar refractivity (Wildman–Crippen MR) is 100 cm³/mol. The molecule has 3 atom stereocenters. The third-order valence-corrected chi connectivity index (χ3v) is 6.26. The van der Waals surface area contributed by atoms with E-state index in [4.69, 9.17) is 17.3 Å². The zero-order valence-corrected chi connectivity index (χ0v) is 15.0. The van der Waals surface area contributed by atoms with Gasteiger partial charge < -0.3 is 5.73 Å². The first-order chi connectivity index (χ1) is 12.1. The van der Waals surface area contributed by atoms with Crippen LogP contribution in [0.2, 0.25) is 5.02 Å². The number of nitrogens with two attached hydrogens (primary N) is 1. The number of benzene rings is 2. The van der Waals surface area contributed by atoms with E-state index in [1.54, 1.807) is 0 Å². The molecule has 0 aliphatic carbocycles. The lowest BCUT2D eigenvalue weighted by Crippen LogP contribution is -2.48. The zero-order chi connectivity index (χ0) is 17.4. The summed E-state index contributed by atoms with van der Waals surface area (Å²) in [6.45, 7) is 0.857. The summed E-state index contributed by atoms with van der Waals surface area (Å²) in [6.07, 6.45) is 3.81. The number of hydrogen-bond acceptors (Lipinski definition) is 2. The Morgan fingerprint density at radius 1 is 1.08 bits per heavy atom. The van der Waals surface area contributed by atoms with Gasteiger partial charge in [0.05, 0.1) is 5.41 Å². The van der Waals surface area contributed by atoms with Crippen LogP contribution in [0.3, 0.4) is 0 Å². The highest BCUT2D eigenvalue weighted by Gasteiger charge is 2.58. The quantitative estimate of drug-likeness (QED) is 0.887. The SMILES string of the molecule is NC(=O)[C@]1(Cc2ccccc2)C[C@@H]2CC[C@H]1N2Cc1ccc(Cl)cc1. The topological polar surface area (TPSA) is 46.3 Å². The van der Waals surface area contributed by atoms with E-state index in [0.29, 0.717) is 6.04 Å². The molecule has 3 nitrogen and oxygen atoms in total. The fraction of sp³-hybridized carbons (Fsp3) is 0.381. The average Bonchev–Trinajstić information content (AvgIpc) is 3.13. The smallest absolute Gasteiger partial charge is 0.225 e. The Hall–Kier alpha value is -1.84. The number of hydrogen-bond donors (Lipinski definition) is 1. The van der Waals surface area contributed by atoms with E-state index < -0.39 is 5.41 Å².